The predicted molar refractivity (Wildman–Crippen MR) is 79.2 cm³/mol. The molecule has 1 atom stereocenters. The van der Waals surface area contributed by atoms with Crippen molar-refractivity contribution in [3.05, 3.63) is 53.3 Å². The lowest BCUT2D eigenvalue weighted by molar-refractivity contribution is 1.13. The number of hydrogen-bond acceptors (Lipinski definition) is 0. The monoisotopic (exact) mass is 242 g/mol. The molecule has 17 heavy (non-hydrogen) atoms. The van der Waals surface area contributed by atoms with E-state index in [1.54, 1.807) is 16.0 Å². The van der Waals surface area contributed by atoms with E-state index in [1.807, 2.05) is 0 Å². The van der Waals surface area contributed by atoms with E-state index < -0.39 is 8.07 Å². The molecule has 1 heteroatoms. The van der Waals surface area contributed by atoms with Crippen molar-refractivity contribution >= 4 is 13.3 Å². The van der Waals surface area contributed by atoms with E-state index in [0.29, 0.717) is 0 Å². The Morgan fingerprint density at radius 2 is 1.82 bits per heavy atom. The van der Waals surface area contributed by atoms with Crippen molar-refractivity contribution in [3.63, 3.8) is 0 Å². The highest BCUT2D eigenvalue weighted by atomic mass is 28.3. The third kappa shape index (κ3) is 2.16. The van der Waals surface area contributed by atoms with Crippen LogP contribution in [-0.4, -0.2) is 8.07 Å². The van der Waals surface area contributed by atoms with Crippen molar-refractivity contribution in [2.75, 3.05) is 0 Å². The van der Waals surface area contributed by atoms with Crippen molar-refractivity contribution in [2.45, 2.75) is 39.3 Å². The van der Waals surface area contributed by atoms with Gasteiger partial charge in [0.05, 0.1) is 0 Å². The third-order valence-electron chi connectivity index (χ3n) is 4.19. The summed E-state index contributed by atoms with van der Waals surface area (Å²) in [6.45, 7) is 7.17. The molecule has 1 aliphatic rings. The molecule has 2 rings (SSSR count). The minimum absolute atomic E-state index is 1.18. The molecule has 1 aliphatic carbocycles. The highest BCUT2D eigenvalue weighted by Gasteiger charge is 2.33. The summed E-state index contributed by atoms with van der Waals surface area (Å²) in [5, 5.41) is 3.35. The molecule has 0 nitrogen and oxygen atoms in total. The molecule has 0 spiro atoms. The van der Waals surface area contributed by atoms with Gasteiger partial charge in [-0.1, -0.05) is 84.9 Å². The Hall–Kier alpha value is -1.08. The molecule has 0 amide bonds. The molecule has 0 fully saturated rings. The molecule has 1 aromatic carbocycles. The van der Waals surface area contributed by atoms with Gasteiger partial charge in [0.15, 0.2) is 0 Å². The molecular formula is C16H22Si. The van der Waals surface area contributed by atoms with Crippen LogP contribution in [0.15, 0.2) is 53.3 Å². The third-order valence-corrected chi connectivity index (χ3v) is 9.07. The fraction of sp³-hybridized carbons (Fsp3) is 0.375. The first-order valence-corrected chi connectivity index (χ1v) is 9.37. The fourth-order valence-electron chi connectivity index (χ4n) is 2.86. The Bertz CT molecular complexity index is 442. The van der Waals surface area contributed by atoms with Gasteiger partial charge in [-0.2, -0.15) is 0 Å². The Labute approximate surface area is 106 Å². The topological polar surface area (TPSA) is 0 Å². The van der Waals surface area contributed by atoms with Gasteiger partial charge in [-0.05, 0) is 12.8 Å². The average Bonchev–Trinajstić information content (AvgIpc) is 2.87. The Morgan fingerprint density at radius 3 is 2.41 bits per heavy atom. The molecule has 0 aliphatic heterocycles. The molecule has 1 aromatic rings. The number of rotatable bonds is 4. The zero-order valence-corrected chi connectivity index (χ0v) is 12.2. The van der Waals surface area contributed by atoms with Crippen molar-refractivity contribution in [2.24, 2.45) is 0 Å². The van der Waals surface area contributed by atoms with E-state index in [9.17, 15) is 0 Å². The molecule has 0 saturated carbocycles. The van der Waals surface area contributed by atoms with Gasteiger partial charge in [0.25, 0.3) is 0 Å². The largest absolute Gasteiger partial charge is 0.111 e. The zero-order chi connectivity index (χ0) is 12.3. The zero-order valence-electron chi connectivity index (χ0n) is 11.2. The van der Waals surface area contributed by atoms with Crippen molar-refractivity contribution < 1.29 is 0 Å². The maximum Gasteiger partial charge on any atom is 0.111 e. The van der Waals surface area contributed by atoms with E-state index >= 15 is 0 Å². The van der Waals surface area contributed by atoms with Gasteiger partial charge in [-0.25, -0.2) is 0 Å². The van der Waals surface area contributed by atoms with E-state index in [1.165, 1.54) is 18.9 Å². The van der Waals surface area contributed by atoms with Crippen LogP contribution in [0.4, 0.5) is 0 Å². The van der Waals surface area contributed by atoms with Crippen LogP contribution in [0.2, 0.25) is 12.6 Å². The number of benzene rings is 1. The van der Waals surface area contributed by atoms with Gasteiger partial charge in [-0.3, -0.25) is 0 Å². The van der Waals surface area contributed by atoms with E-state index in [0.717, 1.165) is 0 Å². The standard InChI is InChI=1S/C16H22Si/c1-4-14-10-9-13-16(14)17(3,5-2)15-11-7-6-8-12-15/h6-12H,4-5,13H2,1-3H3. The quantitative estimate of drug-likeness (QED) is 0.694. The lowest BCUT2D eigenvalue weighted by Crippen LogP contribution is -2.46. The van der Waals surface area contributed by atoms with Crippen molar-refractivity contribution in [1.82, 2.24) is 0 Å². The minimum atomic E-state index is -1.43. The van der Waals surface area contributed by atoms with E-state index in [2.05, 4.69) is 62.9 Å². The second-order valence-corrected chi connectivity index (χ2v) is 9.57. The molecular weight excluding hydrogens is 220 g/mol. The molecule has 90 valence electrons. The minimum Gasteiger partial charge on any atom is -0.0806 e. The summed E-state index contributed by atoms with van der Waals surface area (Å²) < 4.78 is 0. The van der Waals surface area contributed by atoms with Gasteiger partial charge < -0.3 is 0 Å². The molecule has 0 heterocycles. The summed E-state index contributed by atoms with van der Waals surface area (Å²) in [7, 11) is -1.43. The molecule has 0 bridgehead atoms. The first-order valence-electron chi connectivity index (χ1n) is 6.67. The van der Waals surface area contributed by atoms with Gasteiger partial charge in [0.2, 0.25) is 0 Å². The summed E-state index contributed by atoms with van der Waals surface area (Å²) >= 11 is 0. The van der Waals surface area contributed by atoms with Crippen LogP contribution in [-0.2, 0) is 0 Å². The number of hydrogen-bond donors (Lipinski definition) is 0. The second kappa shape index (κ2) is 5.05. The Balaban J connectivity index is 2.46. The van der Waals surface area contributed by atoms with Crippen LogP contribution in [0.3, 0.4) is 0 Å². The summed E-state index contributed by atoms with van der Waals surface area (Å²) in [6.07, 6.45) is 7.06. The lowest BCUT2D eigenvalue weighted by Gasteiger charge is -2.30. The molecule has 1 unspecified atom stereocenters. The van der Waals surface area contributed by atoms with Gasteiger partial charge in [0, 0.05) is 0 Å². The maximum absolute atomic E-state index is 2.53. The summed E-state index contributed by atoms with van der Waals surface area (Å²) in [6, 6.07) is 12.5. The highest BCUT2D eigenvalue weighted by Crippen LogP contribution is 2.32. The first-order chi connectivity index (χ1) is 8.22. The number of allylic oxidation sites excluding steroid dienone is 4. The van der Waals surface area contributed by atoms with E-state index in [-0.39, 0.29) is 0 Å². The van der Waals surface area contributed by atoms with Crippen LogP contribution in [0, 0.1) is 0 Å². The molecule has 0 N–H and O–H groups in total. The molecule has 0 saturated heterocycles. The van der Waals surface area contributed by atoms with Crippen molar-refractivity contribution in [1.29, 1.82) is 0 Å². The predicted octanol–water partition coefficient (Wildman–Crippen LogP) is 4.20. The smallest absolute Gasteiger partial charge is 0.0806 e. The lowest BCUT2D eigenvalue weighted by atomic mass is 10.2. The van der Waals surface area contributed by atoms with Crippen LogP contribution in [0.25, 0.3) is 0 Å². The van der Waals surface area contributed by atoms with Crippen molar-refractivity contribution in [3.8, 4) is 0 Å². The Morgan fingerprint density at radius 1 is 1.12 bits per heavy atom. The SMILES string of the molecule is CCC1=C([Si](C)(CC)c2ccccc2)CC=C1. The Kier molecular flexibility index (Phi) is 3.68. The second-order valence-electron chi connectivity index (χ2n) is 5.02. The average molecular weight is 242 g/mol. The highest BCUT2D eigenvalue weighted by molar-refractivity contribution is 6.96. The van der Waals surface area contributed by atoms with Crippen LogP contribution >= 0.6 is 0 Å². The summed E-state index contributed by atoms with van der Waals surface area (Å²) in [4.78, 5) is 0. The first kappa shape index (κ1) is 12.4. The van der Waals surface area contributed by atoms with Gasteiger partial charge in [0.1, 0.15) is 8.07 Å². The maximum atomic E-state index is 2.53. The van der Waals surface area contributed by atoms with Gasteiger partial charge >= 0.3 is 0 Å². The fourth-order valence-corrected chi connectivity index (χ4v) is 6.51. The molecule has 0 radical (unpaired) electrons. The normalized spacial score (nSPS) is 18.5. The van der Waals surface area contributed by atoms with Crippen LogP contribution in [0.1, 0.15) is 26.7 Å². The molecule has 0 aromatic heterocycles. The van der Waals surface area contributed by atoms with Crippen LogP contribution in [0.5, 0.6) is 0 Å². The van der Waals surface area contributed by atoms with Gasteiger partial charge in [-0.15, -0.1) is 0 Å². The van der Waals surface area contributed by atoms with E-state index in [4.69, 9.17) is 0 Å². The summed E-state index contributed by atoms with van der Waals surface area (Å²) in [5.74, 6) is 0. The summed E-state index contributed by atoms with van der Waals surface area (Å²) in [5.41, 5.74) is 1.60. The van der Waals surface area contributed by atoms with Crippen LogP contribution < -0.4 is 5.19 Å².